The normalized spacial score (nSPS) is 12.1. The molecule has 0 saturated heterocycles. The van der Waals surface area contributed by atoms with Gasteiger partial charge in [0.25, 0.3) is 0 Å². The monoisotopic (exact) mass is 790 g/mol. The zero-order valence-electron chi connectivity index (χ0n) is 33.3. The van der Waals surface area contributed by atoms with Crippen LogP contribution >= 0.6 is 0 Å². The second-order valence-corrected chi connectivity index (χ2v) is 15.4. The molecule has 0 radical (unpaired) electrons. The number of aliphatic imine (C=N–C) groups is 2. The zero-order chi connectivity index (χ0) is 40.4. The van der Waals surface area contributed by atoms with E-state index < -0.39 is 9.84 Å². The van der Waals surface area contributed by atoms with E-state index >= 15 is 0 Å². The maximum Gasteiger partial charge on any atom is 0.345 e. The third-order valence-corrected chi connectivity index (χ3v) is 11.0. The Bertz CT molecular complexity index is 2290. The first-order chi connectivity index (χ1) is 27.6. The highest BCUT2D eigenvalue weighted by Gasteiger charge is 2.24. The predicted octanol–water partition coefficient (Wildman–Crippen LogP) is 8.41. The SMILES string of the molecule is CCCCn1cc[n+](C)c1C(=Nc1cccc(Oc2ccc(S(=O)(=O)c3ccc(Oc4cccc(N=C(OC)c5n(CCCC)cc[n+]5C)c4)cc3)cc2)c1)OC. The Morgan fingerprint density at radius 3 is 1.37 bits per heavy atom. The molecule has 0 amide bonds. The number of sulfone groups is 1. The van der Waals surface area contributed by atoms with Crippen LogP contribution < -0.4 is 18.6 Å². The largest absolute Gasteiger partial charge is 0.475 e. The number of aromatic nitrogens is 4. The first-order valence-electron chi connectivity index (χ1n) is 19.0. The van der Waals surface area contributed by atoms with Gasteiger partial charge in [-0.25, -0.2) is 36.7 Å². The van der Waals surface area contributed by atoms with Crippen molar-refractivity contribution in [2.75, 3.05) is 14.2 Å². The summed E-state index contributed by atoms with van der Waals surface area (Å²) in [6.45, 7) is 6.05. The molecule has 57 heavy (non-hydrogen) atoms. The molecule has 0 aliphatic carbocycles. The van der Waals surface area contributed by atoms with Crippen LogP contribution in [0.3, 0.4) is 0 Å². The molecule has 0 spiro atoms. The summed E-state index contributed by atoms with van der Waals surface area (Å²) in [6.07, 6.45) is 12.3. The average molecular weight is 791 g/mol. The maximum absolute atomic E-state index is 13.6. The number of hydrogen-bond donors (Lipinski definition) is 0. The highest BCUT2D eigenvalue weighted by Crippen LogP contribution is 2.31. The minimum Gasteiger partial charge on any atom is -0.475 e. The number of hydrogen-bond acceptors (Lipinski definition) is 8. The molecular weight excluding hydrogens is 741 g/mol. The summed E-state index contributed by atoms with van der Waals surface area (Å²) in [4.78, 5) is 9.82. The van der Waals surface area contributed by atoms with E-state index in [0.717, 1.165) is 50.4 Å². The summed E-state index contributed by atoms with van der Waals surface area (Å²) >= 11 is 0. The van der Waals surface area contributed by atoms with Gasteiger partial charge in [0.2, 0.25) is 9.84 Å². The molecular formula is C44H50N6O6S+2. The Balaban J connectivity index is 1.12. The van der Waals surface area contributed by atoms with Crippen LogP contribution in [0.5, 0.6) is 23.0 Å². The first kappa shape index (κ1) is 40.5. The maximum atomic E-state index is 13.6. The molecule has 0 bridgehead atoms. The van der Waals surface area contributed by atoms with Crippen LogP contribution in [0.2, 0.25) is 0 Å². The van der Waals surface area contributed by atoms with E-state index in [1.807, 2.05) is 84.4 Å². The van der Waals surface area contributed by atoms with Crippen LogP contribution in [0.1, 0.15) is 51.2 Å². The number of rotatable bonds is 16. The summed E-state index contributed by atoms with van der Waals surface area (Å²) in [5, 5.41) is 0. The van der Waals surface area contributed by atoms with Crippen molar-refractivity contribution in [1.29, 1.82) is 0 Å². The lowest BCUT2D eigenvalue weighted by Crippen LogP contribution is -2.36. The first-order valence-corrected chi connectivity index (χ1v) is 20.5. The molecule has 6 rings (SSSR count). The van der Waals surface area contributed by atoms with Crippen molar-refractivity contribution in [2.45, 2.75) is 62.4 Å². The van der Waals surface area contributed by atoms with Gasteiger partial charge in [-0.15, -0.1) is 0 Å². The van der Waals surface area contributed by atoms with Gasteiger partial charge in [0.05, 0.1) is 62.6 Å². The molecule has 296 valence electrons. The summed E-state index contributed by atoms with van der Waals surface area (Å²) in [5.41, 5.74) is 1.30. The Labute approximate surface area is 334 Å². The smallest absolute Gasteiger partial charge is 0.345 e. The van der Waals surface area contributed by atoms with Crippen LogP contribution in [-0.4, -0.2) is 43.6 Å². The van der Waals surface area contributed by atoms with E-state index in [1.54, 1.807) is 50.6 Å². The molecule has 0 aliphatic rings. The third kappa shape index (κ3) is 9.79. The number of nitrogens with zero attached hydrogens (tertiary/aromatic N) is 6. The highest BCUT2D eigenvalue weighted by atomic mass is 32.2. The fraction of sp³-hybridized carbons (Fsp3) is 0.273. The standard InChI is InChI=1S/C44H50N6O6S/c1-7-9-25-49-29-27-47(3)43(49)41(53-5)45-33-13-11-15-37(31-33)55-35-17-21-39(22-18-35)57(51,52)40-23-19-36(20-24-40)56-38-16-12-14-34(32-38)46-42(54-6)44-48(4)28-30-50(44)26-10-8-2/h11-24,27-32H,7-10,25-26H2,1-6H3/q+2. The van der Waals surface area contributed by atoms with Crippen molar-refractivity contribution in [3.8, 4) is 23.0 Å². The van der Waals surface area contributed by atoms with Crippen LogP contribution in [0, 0.1) is 0 Å². The lowest BCUT2D eigenvalue weighted by molar-refractivity contribution is -0.673. The van der Waals surface area contributed by atoms with E-state index in [4.69, 9.17) is 28.9 Å². The number of methoxy groups -OCH3 is 2. The van der Waals surface area contributed by atoms with Gasteiger partial charge in [-0.3, -0.25) is 0 Å². The Kier molecular flexibility index (Phi) is 13.2. The van der Waals surface area contributed by atoms with Gasteiger partial charge in [0.15, 0.2) is 0 Å². The molecule has 0 unspecified atom stereocenters. The van der Waals surface area contributed by atoms with Crippen LogP contribution in [0.25, 0.3) is 0 Å². The van der Waals surface area contributed by atoms with Crippen molar-refractivity contribution in [2.24, 2.45) is 24.1 Å². The lowest BCUT2D eigenvalue weighted by Gasteiger charge is -2.10. The van der Waals surface area contributed by atoms with Crippen molar-refractivity contribution >= 4 is 33.0 Å². The molecule has 0 N–H and O–H groups in total. The molecule has 0 aliphatic heterocycles. The van der Waals surface area contributed by atoms with E-state index in [9.17, 15) is 8.42 Å². The summed E-state index contributed by atoms with van der Waals surface area (Å²) in [6, 6.07) is 27.4. The van der Waals surface area contributed by atoms with Crippen LogP contribution in [0.15, 0.2) is 142 Å². The van der Waals surface area contributed by atoms with E-state index in [1.165, 1.54) is 24.3 Å². The van der Waals surface area contributed by atoms with Crippen molar-refractivity contribution in [3.63, 3.8) is 0 Å². The molecule has 6 aromatic rings. The number of benzene rings is 4. The number of aryl methyl sites for hydroxylation is 4. The van der Waals surface area contributed by atoms with E-state index in [-0.39, 0.29) is 9.79 Å². The average Bonchev–Trinajstić information content (AvgIpc) is 3.78. The van der Waals surface area contributed by atoms with Crippen molar-refractivity contribution in [1.82, 2.24) is 9.13 Å². The Morgan fingerprint density at radius 1 is 0.596 bits per heavy atom. The Morgan fingerprint density at radius 2 is 1.00 bits per heavy atom. The molecule has 2 heterocycles. The Hall–Kier alpha value is -6.21. The summed E-state index contributed by atoms with van der Waals surface area (Å²) in [7, 11) is 3.33. The fourth-order valence-electron chi connectivity index (χ4n) is 6.24. The molecule has 4 aromatic carbocycles. The molecule has 0 fully saturated rings. The molecule has 0 saturated carbocycles. The van der Waals surface area contributed by atoms with E-state index in [2.05, 4.69) is 23.0 Å². The van der Waals surface area contributed by atoms with Gasteiger partial charge in [-0.1, -0.05) is 38.8 Å². The minimum atomic E-state index is -3.82. The number of ether oxygens (including phenoxy) is 4. The minimum absolute atomic E-state index is 0.138. The predicted molar refractivity (Wildman–Crippen MR) is 219 cm³/mol. The fourth-order valence-corrected chi connectivity index (χ4v) is 7.50. The third-order valence-electron chi connectivity index (χ3n) is 9.26. The van der Waals surface area contributed by atoms with Crippen LogP contribution in [0.4, 0.5) is 11.4 Å². The summed E-state index contributed by atoms with van der Waals surface area (Å²) < 4.78 is 59.0. The lowest BCUT2D eigenvalue weighted by atomic mass is 10.3. The van der Waals surface area contributed by atoms with Gasteiger partial charge in [0.1, 0.15) is 47.8 Å². The number of imidazole rings is 2. The topological polar surface area (TPSA) is 113 Å². The quantitative estimate of drug-likeness (QED) is 0.0553. The highest BCUT2D eigenvalue weighted by molar-refractivity contribution is 7.91. The van der Waals surface area contributed by atoms with Gasteiger partial charge in [-0.05, 0) is 85.6 Å². The van der Waals surface area contributed by atoms with Gasteiger partial charge < -0.3 is 18.9 Å². The summed E-state index contributed by atoms with van der Waals surface area (Å²) in [5.74, 6) is 4.76. The van der Waals surface area contributed by atoms with E-state index in [0.29, 0.717) is 46.2 Å². The van der Waals surface area contributed by atoms with Crippen molar-refractivity contribution < 1.29 is 36.5 Å². The number of unbranched alkanes of at least 4 members (excludes halogenated alkanes) is 2. The molecule has 2 aromatic heterocycles. The van der Waals surface area contributed by atoms with Crippen LogP contribution in [-0.2, 0) is 46.5 Å². The second-order valence-electron chi connectivity index (χ2n) is 13.4. The molecule has 0 atom stereocenters. The zero-order valence-corrected chi connectivity index (χ0v) is 34.1. The van der Waals surface area contributed by atoms with Crippen molar-refractivity contribution in [3.05, 3.63) is 133 Å². The van der Waals surface area contributed by atoms with Gasteiger partial charge >= 0.3 is 23.4 Å². The molecule has 13 heteroatoms. The molecule has 12 nitrogen and oxygen atoms in total. The van der Waals surface area contributed by atoms with Gasteiger partial charge in [-0.2, -0.15) is 0 Å². The second kappa shape index (κ2) is 18.6. The van der Waals surface area contributed by atoms with Gasteiger partial charge in [0, 0.05) is 12.1 Å².